The molecule has 4 heterocycles. The molecule has 0 spiro atoms. The van der Waals surface area contributed by atoms with E-state index in [1.54, 1.807) is 35.7 Å². The van der Waals surface area contributed by atoms with E-state index in [2.05, 4.69) is 15.2 Å². The largest absolute Gasteiger partial charge is 0.284 e. The average Bonchev–Trinajstić information content (AvgIpc) is 3.21. The molecule has 0 radical (unpaired) electrons. The Balaban J connectivity index is 1.58. The molecule has 0 saturated heterocycles. The maximum atomic E-state index is 13.6. The highest BCUT2D eigenvalue weighted by Crippen LogP contribution is 2.55. The number of nitrogens with zero attached hydrogens (tertiary/aromatic N) is 8. The van der Waals surface area contributed by atoms with E-state index >= 15 is 0 Å². The fourth-order valence-corrected chi connectivity index (χ4v) is 3.63. The van der Waals surface area contributed by atoms with Gasteiger partial charge in [-0.05, 0) is 0 Å². The fourth-order valence-electron chi connectivity index (χ4n) is 3.63. The maximum absolute atomic E-state index is 13.6. The molecule has 0 aliphatic heterocycles. The Morgan fingerprint density at radius 3 is 2.76 bits per heavy atom. The first-order valence-electron chi connectivity index (χ1n) is 9.09. The average molecular weight is 394 g/mol. The molecule has 1 aliphatic carbocycles. The van der Waals surface area contributed by atoms with Crippen LogP contribution in [0, 0.1) is 17.2 Å². The van der Waals surface area contributed by atoms with Crippen LogP contribution in [0.15, 0.2) is 43.2 Å². The Kier molecular flexibility index (Phi) is 3.74. The minimum absolute atomic E-state index is 0.0228. The van der Waals surface area contributed by atoms with E-state index in [1.807, 2.05) is 29.8 Å². The first-order chi connectivity index (χ1) is 14.0. The zero-order chi connectivity index (χ0) is 20.2. The van der Waals surface area contributed by atoms with Gasteiger partial charge >= 0.3 is 0 Å². The topological polar surface area (TPSA) is 89.6 Å². The van der Waals surface area contributed by atoms with Crippen LogP contribution in [-0.2, 0) is 7.05 Å². The number of halogens is 2. The third-order valence-corrected chi connectivity index (χ3v) is 5.23. The summed E-state index contributed by atoms with van der Waals surface area (Å²) < 4.78 is 32.2. The van der Waals surface area contributed by atoms with Gasteiger partial charge in [0.2, 0.25) is 0 Å². The Morgan fingerprint density at radius 2 is 2.07 bits per heavy atom. The maximum Gasteiger partial charge on any atom is 0.253 e. The molecule has 0 N–H and O–H groups in total. The lowest BCUT2D eigenvalue weighted by Crippen LogP contribution is -2.15. The first kappa shape index (κ1) is 17.5. The fraction of sp³-hybridized carbons (Fsp3) is 0.316. The lowest BCUT2D eigenvalue weighted by atomic mass is 10.1. The van der Waals surface area contributed by atoms with E-state index in [0.29, 0.717) is 22.7 Å². The third-order valence-electron chi connectivity index (χ3n) is 5.23. The van der Waals surface area contributed by atoms with E-state index in [0.717, 1.165) is 5.56 Å². The molecule has 146 valence electrons. The molecular weight excluding hydrogens is 378 g/mol. The Labute approximate surface area is 164 Å². The summed E-state index contributed by atoms with van der Waals surface area (Å²) in [5.74, 6) is -3.01. The zero-order valence-corrected chi connectivity index (χ0v) is 15.4. The van der Waals surface area contributed by atoms with Crippen molar-refractivity contribution in [1.82, 2.24) is 33.9 Å². The molecule has 1 saturated carbocycles. The summed E-state index contributed by atoms with van der Waals surface area (Å²) in [6.45, 7) is 0. The van der Waals surface area contributed by atoms with Gasteiger partial charge < -0.3 is 0 Å². The van der Waals surface area contributed by atoms with Crippen LogP contribution in [0.5, 0.6) is 0 Å². The summed E-state index contributed by atoms with van der Waals surface area (Å²) in [6.07, 6.45) is 10.0. The molecule has 29 heavy (non-hydrogen) atoms. The van der Waals surface area contributed by atoms with Crippen LogP contribution in [-0.4, -0.2) is 39.9 Å². The van der Waals surface area contributed by atoms with Gasteiger partial charge in [0.15, 0.2) is 0 Å². The van der Waals surface area contributed by atoms with Gasteiger partial charge in [-0.15, -0.1) is 0 Å². The molecule has 5 rings (SSSR count). The van der Waals surface area contributed by atoms with Gasteiger partial charge in [0.25, 0.3) is 5.92 Å². The number of aromatic nitrogens is 7. The molecule has 2 unspecified atom stereocenters. The van der Waals surface area contributed by atoms with Crippen LogP contribution in [0.25, 0.3) is 28.3 Å². The number of imidazole rings is 1. The second kappa shape index (κ2) is 6.20. The number of nitriles is 1. The van der Waals surface area contributed by atoms with Gasteiger partial charge in [-0.25, -0.2) is 18.7 Å². The molecule has 0 aromatic carbocycles. The summed E-state index contributed by atoms with van der Waals surface area (Å²) in [7, 11) is 1.82. The Hall–Kier alpha value is -3.61. The predicted molar refractivity (Wildman–Crippen MR) is 98.7 cm³/mol. The van der Waals surface area contributed by atoms with Gasteiger partial charge in [-0.2, -0.15) is 15.5 Å². The SMILES string of the molecule is Cn1cc(-c2cc3nccn3c(-c3cnn(C(CC#N)C4CC4(F)F)c3)n2)cn1. The molecule has 4 aromatic rings. The minimum atomic E-state index is -2.73. The predicted octanol–water partition coefficient (Wildman–Crippen LogP) is 3.10. The molecule has 1 fully saturated rings. The first-order valence-corrected chi connectivity index (χ1v) is 9.09. The normalized spacial score (nSPS) is 18.6. The van der Waals surface area contributed by atoms with E-state index in [9.17, 15) is 8.78 Å². The summed E-state index contributed by atoms with van der Waals surface area (Å²) in [5.41, 5.74) is 2.89. The van der Waals surface area contributed by atoms with E-state index in [4.69, 9.17) is 10.2 Å². The van der Waals surface area contributed by atoms with Crippen LogP contribution in [0.1, 0.15) is 18.9 Å². The van der Waals surface area contributed by atoms with E-state index in [1.165, 1.54) is 4.68 Å². The summed E-state index contributed by atoms with van der Waals surface area (Å²) >= 11 is 0. The minimum Gasteiger partial charge on any atom is -0.284 e. The van der Waals surface area contributed by atoms with Crippen molar-refractivity contribution >= 4 is 5.65 Å². The molecule has 4 aromatic heterocycles. The van der Waals surface area contributed by atoms with Crippen molar-refractivity contribution in [2.45, 2.75) is 24.8 Å². The van der Waals surface area contributed by atoms with Gasteiger partial charge in [0.1, 0.15) is 11.5 Å². The molecule has 2 atom stereocenters. The molecule has 10 heteroatoms. The molecule has 1 aliphatic rings. The van der Waals surface area contributed by atoms with Crippen LogP contribution in [0.2, 0.25) is 0 Å². The van der Waals surface area contributed by atoms with Crippen molar-refractivity contribution in [3.63, 3.8) is 0 Å². The quantitative estimate of drug-likeness (QED) is 0.519. The molecular formula is C19H16F2N8. The van der Waals surface area contributed by atoms with E-state index < -0.39 is 17.9 Å². The number of hydrogen-bond donors (Lipinski definition) is 0. The Morgan fingerprint density at radius 1 is 1.28 bits per heavy atom. The highest BCUT2D eigenvalue weighted by molar-refractivity contribution is 5.68. The second-order valence-electron chi connectivity index (χ2n) is 7.23. The lowest BCUT2D eigenvalue weighted by molar-refractivity contribution is 0.0847. The van der Waals surface area contributed by atoms with E-state index in [-0.39, 0.29) is 12.8 Å². The zero-order valence-electron chi connectivity index (χ0n) is 15.4. The van der Waals surface area contributed by atoms with Gasteiger partial charge in [0, 0.05) is 49.9 Å². The van der Waals surface area contributed by atoms with Crippen LogP contribution in [0.4, 0.5) is 8.78 Å². The van der Waals surface area contributed by atoms with Crippen LogP contribution >= 0.6 is 0 Å². The molecule has 0 amide bonds. The van der Waals surface area contributed by atoms with Crippen molar-refractivity contribution in [3.8, 4) is 28.7 Å². The standard InChI is InChI=1S/C19H16F2N8/c1-27-10-12(8-24-27)15-6-17-23-4-5-28(17)18(26-15)13-9-25-29(11-13)16(2-3-22)14-7-19(14,20)21/h4-6,8-11,14,16H,2,7H2,1H3. The summed E-state index contributed by atoms with van der Waals surface area (Å²) in [5, 5.41) is 17.5. The van der Waals surface area contributed by atoms with Crippen molar-refractivity contribution in [2.75, 3.05) is 0 Å². The van der Waals surface area contributed by atoms with Crippen molar-refractivity contribution in [2.24, 2.45) is 13.0 Å². The second-order valence-corrected chi connectivity index (χ2v) is 7.23. The number of aryl methyl sites for hydroxylation is 1. The molecule has 8 nitrogen and oxygen atoms in total. The highest BCUT2D eigenvalue weighted by Gasteiger charge is 2.61. The van der Waals surface area contributed by atoms with Crippen LogP contribution < -0.4 is 0 Å². The monoisotopic (exact) mass is 394 g/mol. The summed E-state index contributed by atoms with van der Waals surface area (Å²) in [6, 6.07) is 3.19. The van der Waals surface area contributed by atoms with Gasteiger partial charge in [-0.1, -0.05) is 0 Å². The number of hydrogen-bond acceptors (Lipinski definition) is 5. The van der Waals surface area contributed by atoms with Crippen LogP contribution in [0.3, 0.4) is 0 Å². The molecule has 0 bridgehead atoms. The summed E-state index contributed by atoms with van der Waals surface area (Å²) in [4.78, 5) is 9.09. The lowest BCUT2D eigenvalue weighted by Gasteiger charge is -2.13. The van der Waals surface area contributed by atoms with Gasteiger partial charge in [-0.3, -0.25) is 13.8 Å². The van der Waals surface area contributed by atoms with Crippen molar-refractivity contribution < 1.29 is 8.78 Å². The van der Waals surface area contributed by atoms with Crippen molar-refractivity contribution in [3.05, 3.63) is 43.2 Å². The Bertz CT molecular complexity index is 1240. The highest BCUT2D eigenvalue weighted by atomic mass is 19.3. The van der Waals surface area contributed by atoms with Crippen molar-refractivity contribution in [1.29, 1.82) is 5.26 Å². The third kappa shape index (κ3) is 2.95. The number of rotatable bonds is 5. The number of fused-ring (bicyclic) bond motifs is 1. The van der Waals surface area contributed by atoms with Gasteiger partial charge in [0.05, 0.1) is 48.1 Å². The number of alkyl halides is 2. The smallest absolute Gasteiger partial charge is 0.253 e.